The molecule has 0 saturated heterocycles. The fraction of sp³-hybridized carbons (Fsp3) is 0.115. The number of aromatic nitrogens is 5. The van der Waals surface area contributed by atoms with Crippen molar-refractivity contribution in [3.8, 4) is 22.9 Å². The van der Waals surface area contributed by atoms with Crippen LogP contribution in [-0.4, -0.2) is 30.6 Å². The molecule has 8 heteroatoms. The van der Waals surface area contributed by atoms with E-state index in [1.807, 2.05) is 62.5 Å². The number of pyridine rings is 2. The summed E-state index contributed by atoms with van der Waals surface area (Å²) in [5.74, 6) is 1.74. The van der Waals surface area contributed by atoms with Gasteiger partial charge in [0.25, 0.3) is 5.91 Å². The molecule has 3 aromatic heterocycles. The number of nitrogens with one attached hydrogen (secondary N) is 1. The molecule has 0 bridgehead atoms. The van der Waals surface area contributed by atoms with E-state index in [4.69, 9.17) is 4.74 Å². The predicted molar refractivity (Wildman–Crippen MR) is 128 cm³/mol. The average Bonchev–Trinajstić information content (AvgIpc) is 3.30. The number of rotatable bonds is 6. The number of amides is 1. The van der Waals surface area contributed by atoms with Crippen molar-refractivity contribution in [1.29, 1.82) is 0 Å². The molecule has 2 aromatic carbocycles. The van der Waals surface area contributed by atoms with E-state index < -0.39 is 0 Å². The second kappa shape index (κ2) is 9.11. The lowest BCUT2D eigenvalue weighted by atomic mass is 10.1. The first-order chi connectivity index (χ1) is 16.6. The number of carbonyl (C=O) groups excluding carboxylic acids is 1. The number of benzene rings is 2. The first-order valence-corrected chi connectivity index (χ1v) is 10.8. The Bertz CT molecular complexity index is 1480. The van der Waals surface area contributed by atoms with Gasteiger partial charge in [-0.1, -0.05) is 12.1 Å². The maximum atomic E-state index is 12.8. The summed E-state index contributed by atoms with van der Waals surface area (Å²) in [6, 6.07) is 16.9. The number of nitrogens with zero attached hydrogens (tertiary/aromatic N) is 5. The number of ether oxygens (including phenoxy) is 1. The number of hydrogen-bond acceptors (Lipinski definition) is 6. The number of carbonyl (C=O) groups is 1. The molecular formula is C26H22N6O2. The largest absolute Gasteiger partial charge is 0.456 e. The van der Waals surface area contributed by atoms with Crippen LogP contribution < -0.4 is 10.1 Å². The van der Waals surface area contributed by atoms with Crippen molar-refractivity contribution in [2.45, 2.75) is 13.5 Å². The zero-order valence-corrected chi connectivity index (χ0v) is 18.8. The minimum Gasteiger partial charge on any atom is -0.456 e. The highest BCUT2D eigenvalue weighted by Crippen LogP contribution is 2.33. The topological polar surface area (TPSA) is 94.8 Å². The van der Waals surface area contributed by atoms with Crippen LogP contribution in [0.2, 0.25) is 0 Å². The summed E-state index contributed by atoms with van der Waals surface area (Å²) in [7, 11) is 1.83. The standard InChI is InChI=1S/C26H22N6O2/c1-17-20(26(33)29-15-18-8-11-27-12-9-18)4-3-5-23(17)34-24-10-13-28-22-14-19(6-7-21(22)24)25-30-16-32(2)31-25/h3-14,16H,15H2,1-2H3,(H,29,33). The number of hydrogen-bond donors (Lipinski definition) is 1. The van der Waals surface area contributed by atoms with Crippen molar-refractivity contribution < 1.29 is 9.53 Å². The van der Waals surface area contributed by atoms with E-state index in [1.54, 1.807) is 35.7 Å². The van der Waals surface area contributed by atoms with E-state index in [2.05, 4.69) is 25.4 Å². The Balaban J connectivity index is 1.39. The molecule has 0 fully saturated rings. The van der Waals surface area contributed by atoms with E-state index in [0.717, 1.165) is 27.6 Å². The second-order valence-corrected chi connectivity index (χ2v) is 7.85. The van der Waals surface area contributed by atoms with Gasteiger partial charge in [0.15, 0.2) is 5.82 Å². The van der Waals surface area contributed by atoms with Gasteiger partial charge in [0.2, 0.25) is 0 Å². The van der Waals surface area contributed by atoms with Gasteiger partial charge in [-0.25, -0.2) is 4.98 Å². The smallest absolute Gasteiger partial charge is 0.251 e. The third-order valence-electron chi connectivity index (χ3n) is 5.51. The lowest BCUT2D eigenvalue weighted by molar-refractivity contribution is 0.0950. The monoisotopic (exact) mass is 450 g/mol. The zero-order chi connectivity index (χ0) is 23.5. The first-order valence-electron chi connectivity index (χ1n) is 10.8. The van der Waals surface area contributed by atoms with Crippen molar-refractivity contribution in [2.24, 2.45) is 7.05 Å². The molecular weight excluding hydrogens is 428 g/mol. The quantitative estimate of drug-likeness (QED) is 0.411. The summed E-state index contributed by atoms with van der Waals surface area (Å²) in [5.41, 5.74) is 3.95. The first kappa shape index (κ1) is 21.3. The highest BCUT2D eigenvalue weighted by atomic mass is 16.5. The van der Waals surface area contributed by atoms with Crippen LogP contribution in [-0.2, 0) is 13.6 Å². The normalized spacial score (nSPS) is 10.9. The van der Waals surface area contributed by atoms with Gasteiger partial charge in [-0.3, -0.25) is 19.4 Å². The number of fused-ring (bicyclic) bond motifs is 1. The fourth-order valence-corrected chi connectivity index (χ4v) is 3.69. The van der Waals surface area contributed by atoms with Gasteiger partial charge in [-0.15, -0.1) is 0 Å². The highest BCUT2D eigenvalue weighted by Gasteiger charge is 2.15. The van der Waals surface area contributed by atoms with Crippen LogP contribution in [0, 0.1) is 6.92 Å². The Morgan fingerprint density at radius 1 is 1.00 bits per heavy atom. The Kier molecular flexibility index (Phi) is 5.70. The van der Waals surface area contributed by atoms with Gasteiger partial charge in [-0.05, 0) is 55.0 Å². The van der Waals surface area contributed by atoms with Crippen molar-refractivity contribution in [2.75, 3.05) is 0 Å². The third-order valence-corrected chi connectivity index (χ3v) is 5.51. The van der Waals surface area contributed by atoms with E-state index in [9.17, 15) is 4.79 Å². The maximum absolute atomic E-state index is 12.8. The maximum Gasteiger partial charge on any atom is 0.251 e. The van der Waals surface area contributed by atoms with E-state index in [-0.39, 0.29) is 5.91 Å². The van der Waals surface area contributed by atoms with E-state index in [0.29, 0.717) is 29.4 Å². The molecule has 168 valence electrons. The van der Waals surface area contributed by atoms with Gasteiger partial charge in [0.05, 0.1) is 5.52 Å². The van der Waals surface area contributed by atoms with Crippen molar-refractivity contribution in [1.82, 2.24) is 30.0 Å². The second-order valence-electron chi connectivity index (χ2n) is 7.85. The van der Waals surface area contributed by atoms with Crippen LogP contribution in [0.25, 0.3) is 22.3 Å². The summed E-state index contributed by atoms with van der Waals surface area (Å²) < 4.78 is 7.92. The van der Waals surface area contributed by atoms with Crippen LogP contribution in [0.1, 0.15) is 21.5 Å². The molecule has 1 N–H and O–H groups in total. The van der Waals surface area contributed by atoms with Crippen LogP contribution in [0.5, 0.6) is 11.5 Å². The molecule has 0 spiro atoms. The molecule has 3 heterocycles. The Labute approximate surface area is 196 Å². The minimum atomic E-state index is -0.160. The minimum absolute atomic E-state index is 0.160. The van der Waals surface area contributed by atoms with Crippen molar-refractivity contribution in [3.05, 3.63) is 96.2 Å². The number of aryl methyl sites for hydroxylation is 1. The van der Waals surface area contributed by atoms with E-state index in [1.165, 1.54) is 0 Å². The lowest BCUT2D eigenvalue weighted by Gasteiger charge is -2.14. The molecule has 34 heavy (non-hydrogen) atoms. The SMILES string of the molecule is Cc1c(Oc2ccnc3cc(-c4ncn(C)n4)ccc23)cccc1C(=O)NCc1ccncc1. The Hall–Kier alpha value is -4.59. The summed E-state index contributed by atoms with van der Waals surface area (Å²) in [4.78, 5) is 25.6. The Morgan fingerprint density at radius 2 is 1.85 bits per heavy atom. The summed E-state index contributed by atoms with van der Waals surface area (Å²) >= 11 is 0. The molecule has 8 nitrogen and oxygen atoms in total. The van der Waals surface area contributed by atoms with Gasteiger partial charge in [0.1, 0.15) is 17.8 Å². The molecule has 0 unspecified atom stereocenters. The molecule has 5 rings (SSSR count). The molecule has 0 atom stereocenters. The highest BCUT2D eigenvalue weighted by molar-refractivity contribution is 5.96. The lowest BCUT2D eigenvalue weighted by Crippen LogP contribution is -2.23. The van der Waals surface area contributed by atoms with Crippen LogP contribution in [0.3, 0.4) is 0 Å². The predicted octanol–water partition coefficient (Wildman–Crippen LogP) is 4.46. The summed E-state index contributed by atoms with van der Waals surface area (Å²) in [5, 5.41) is 8.17. The molecule has 0 aliphatic heterocycles. The van der Waals surface area contributed by atoms with Crippen molar-refractivity contribution in [3.63, 3.8) is 0 Å². The molecule has 0 aliphatic carbocycles. The summed E-state index contributed by atoms with van der Waals surface area (Å²) in [6.07, 6.45) is 6.77. The molecule has 0 saturated carbocycles. The third kappa shape index (κ3) is 4.33. The Morgan fingerprint density at radius 3 is 2.65 bits per heavy atom. The molecule has 0 aliphatic rings. The van der Waals surface area contributed by atoms with Gasteiger partial charge in [-0.2, -0.15) is 5.10 Å². The fourth-order valence-electron chi connectivity index (χ4n) is 3.69. The van der Waals surface area contributed by atoms with E-state index >= 15 is 0 Å². The van der Waals surface area contributed by atoms with Crippen molar-refractivity contribution >= 4 is 16.8 Å². The summed E-state index contributed by atoms with van der Waals surface area (Å²) in [6.45, 7) is 2.30. The van der Waals surface area contributed by atoms with Crippen LogP contribution >= 0.6 is 0 Å². The van der Waals surface area contributed by atoms with Crippen LogP contribution in [0.4, 0.5) is 0 Å². The zero-order valence-electron chi connectivity index (χ0n) is 18.8. The molecule has 0 radical (unpaired) electrons. The molecule has 1 amide bonds. The average molecular weight is 451 g/mol. The van der Waals surface area contributed by atoms with Gasteiger partial charge < -0.3 is 10.1 Å². The molecule has 5 aromatic rings. The van der Waals surface area contributed by atoms with Gasteiger partial charge in [0, 0.05) is 54.3 Å². The van der Waals surface area contributed by atoms with Gasteiger partial charge >= 0.3 is 0 Å². The van der Waals surface area contributed by atoms with Crippen LogP contribution in [0.15, 0.2) is 79.5 Å².